The molecule has 1 aromatic heterocycles. The van der Waals surface area contributed by atoms with Gasteiger partial charge in [-0.1, -0.05) is 35.9 Å². The van der Waals surface area contributed by atoms with Crippen molar-refractivity contribution < 1.29 is 13.2 Å². The van der Waals surface area contributed by atoms with Crippen molar-refractivity contribution in [1.29, 1.82) is 0 Å². The van der Waals surface area contributed by atoms with Gasteiger partial charge in [0.2, 0.25) is 0 Å². The van der Waals surface area contributed by atoms with Gasteiger partial charge in [-0.3, -0.25) is 9.71 Å². The Morgan fingerprint density at radius 1 is 1.00 bits per heavy atom. The Labute approximate surface area is 151 Å². The lowest BCUT2D eigenvalue weighted by Gasteiger charge is -2.11. The van der Waals surface area contributed by atoms with Crippen LogP contribution in [-0.2, 0) is 16.6 Å². The molecule has 0 fully saturated rings. The standard InChI is InChI=1S/C18H15ClN2O3S/c19-17-9-1-2-10-18(17)25(22,23)21-14-7-5-8-16(12-14)24-13-15-6-3-4-11-20-15/h1-12,21H,13H2. The zero-order valence-electron chi connectivity index (χ0n) is 13.1. The summed E-state index contributed by atoms with van der Waals surface area (Å²) in [4.78, 5) is 4.20. The number of hydrogen-bond acceptors (Lipinski definition) is 4. The van der Waals surface area contributed by atoms with E-state index in [4.69, 9.17) is 16.3 Å². The van der Waals surface area contributed by atoms with E-state index in [2.05, 4.69) is 9.71 Å². The van der Waals surface area contributed by atoms with E-state index in [9.17, 15) is 8.42 Å². The minimum atomic E-state index is -3.78. The normalized spacial score (nSPS) is 11.1. The number of nitrogens with zero attached hydrogens (tertiary/aromatic N) is 1. The summed E-state index contributed by atoms with van der Waals surface area (Å²) in [6.07, 6.45) is 1.69. The van der Waals surface area contributed by atoms with Gasteiger partial charge in [0, 0.05) is 12.3 Å². The number of hydrogen-bond donors (Lipinski definition) is 1. The molecule has 25 heavy (non-hydrogen) atoms. The highest BCUT2D eigenvalue weighted by Gasteiger charge is 2.17. The zero-order valence-corrected chi connectivity index (χ0v) is 14.7. The monoisotopic (exact) mass is 374 g/mol. The van der Waals surface area contributed by atoms with E-state index in [1.807, 2.05) is 18.2 Å². The topological polar surface area (TPSA) is 68.3 Å². The number of sulfonamides is 1. The van der Waals surface area contributed by atoms with Crippen LogP contribution in [0.1, 0.15) is 5.69 Å². The van der Waals surface area contributed by atoms with Gasteiger partial charge in [-0.2, -0.15) is 0 Å². The number of anilines is 1. The maximum Gasteiger partial charge on any atom is 0.263 e. The summed E-state index contributed by atoms with van der Waals surface area (Å²) in [7, 11) is -3.78. The van der Waals surface area contributed by atoms with Crippen LogP contribution in [0.5, 0.6) is 5.75 Å². The van der Waals surface area contributed by atoms with Crippen molar-refractivity contribution >= 4 is 27.3 Å². The van der Waals surface area contributed by atoms with E-state index in [0.717, 1.165) is 5.69 Å². The molecule has 0 atom stereocenters. The second kappa shape index (κ2) is 7.55. The van der Waals surface area contributed by atoms with E-state index < -0.39 is 10.0 Å². The maximum absolute atomic E-state index is 12.5. The van der Waals surface area contributed by atoms with E-state index >= 15 is 0 Å². The van der Waals surface area contributed by atoms with E-state index in [0.29, 0.717) is 18.0 Å². The van der Waals surface area contributed by atoms with Crippen LogP contribution in [-0.4, -0.2) is 13.4 Å². The molecule has 0 spiro atoms. The highest BCUT2D eigenvalue weighted by Crippen LogP contribution is 2.25. The quantitative estimate of drug-likeness (QED) is 0.704. The smallest absolute Gasteiger partial charge is 0.263 e. The summed E-state index contributed by atoms with van der Waals surface area (Å²) < 4.78 is 33.1. The third kappa shape index (κ3) is 4.49. The molecule has 0 saturated heterocycles. The van der Waals surface area contributed by atoms with Crippen LogP contribution in [0, 0.1) is 0 Å². The molecule has 7 heteroatoms. The lowest BCUT2D eigenvalue weighted by atomic mass is 10.3. The van der Waals surface area contributed by atoms with Gasteiger partial charge in [-0.25, -0.2) is 8.42 Å². The molecule has 5 nitrogen and oxygen atoms in total. The van der Waals surface area contributed by atoms with Gasteiger partial charge in [0.15, 0.2) is 0 Å². The van der Waals surface area contributed by atoms with Gasteiger partial charge in [0.1, 0.15) is 17.3 Å². The number of pyridine rings is 1. The first-order valence-corrected chi connectivity index (χ1v) is 9.31. The van der Waals surface area contributed by atoms with Crippen LogP contribution >= 0.6 is 11.6 Å². The molecule has 0 saturated carbocycles. The van der Waals surface area contributed by atoms with Gasteiger partial charge < -0.3 is 4.74 Å². The minimum absolute atomic E-state index is 0.0245. The highest BCUT2D eigenvalue weighted by atomic mass is 35.5. The minimum Gasteiger partial charge on any atom is -0.487 e. The van der Waals surface area contributed by atoms with Crippen LogP contribution in [0.3, 0.4) is 0 Å². The summed E-state index contributed by atoms with van der Waals surface area (Å²) in [5.41, 5.74) is 1.17. The Morgan fingerprint density at radius 3 is 2.56 bits per heavy atom. The maximum atomic E-state index is 12.5. The Kier molecular flexibility index (Phi) is 5.21. The molecule has 1 N–H and O–H groups in total. The van der Waals surface area contributed by atoms with Crippen molar-refractivity contribution in [3.05, 3.63) is 83.6 Å². The van der Waals surface area contributed by atoms with E-state index in [1.54, 1.807) is 42.6 Å². The summed E-state index contributed by atoms with van der Waals surface area (Å²) in [6.45, 7) is 0.293. The van der Waals surface area contributed by atoms with Crippen molar-refractivity contribution in [2.75, 3.05) is 4.72 Å². The van der Waals surface area contributed by atoms with Crippen molar-refractivity contribution in [1.82, 2.24) is 4.98 Å². The fourth-order valence-corrected chi connectivity index (χ4v) is 3.73. The molecule has 0 aliphatic carbocycles. The molecule has 0 aliphatic heterocycles. The summed E-state index contributed by atoms with van der Waals surface area (Å²) in [5.74, 6) is 0.532. The van der Waals surface area contributed by atoms with E-state index in [1.165, 1.54) is 12.1 Å². The molecule has 2 aromatic carbocycles. The van der Waals surface area contributed by atoms with Crippen LogP contribution < -0.4 is 9.46 Å². The molecule has 3 aromatic rings. The average molecular weight is 375 g/mol. The van der Waals surface area contributed by atoms with Gasteiger partial charge in [0.25, 0.3) is 10.0 Å². The predicted molar refractivity (Wildman–Crippen MR) is 97.3 cm³/mol. The van der Waals surface area contributed by atoms with Gasteiger partial charge in [-0.05, 0) is 36.4 Å². The number of nitrogens with one attached hydrogen (secondary N) is 1. The van der Waals surface area contributed by atoms with Crippen LogP contribution in [0.4, 0.5) is 5.69 Å². The Balaban J connectivity index is 1.74. The zero-order chi connectivity index (χ0) is 17.7. The molecule has 1 heterocycles. The first-order chi connectivity index (χ1) is 12.0. The second-order valence-corrected chi connectivity index (χ2v) is 7.23. The summed E-state index contributed by atoms with van der Waals surface area (Å²) in [5, 5.41) is 0.164. The Bertz CT molecular complexity index is 963. The molecule has 0 radical (unpaired) electrons. The number of ether oxygens (including phenoxy) is 1. The number of rotatable bonds is 6. The molecule has 0 aliphatic rings. The lowest BCUT2D eigenvalue weighted by Crippen LogP contribution is -2.13. The van der Waals surface area contributed by atoms with Crippen molar-refractivity contribution in [3.63, 3.8) is 0 Å². The van der Waals surface area contributed by atoms with Gasteiger partial charge >= 0.3 is 0 Å². The predicted octanol–water partition coefficient (Wildman–Crippen LogP) is 4.11. The second-order valence-electron chi connectivity index (χ2n) is 5.17. The van der Waals surface area contributed by atoms with Crippen LogP contribution in [0.15, 0.2) is 77.8 Å². The molecular formula is C18H15ClN2O3S. The number of halogens is 1. The largest absolute Gasteiger partial charge is 0.487 e. The third-order valence-electron chi connectivity index (χ3n) is 3.33. The van der Waals surface area contributed by atoms with Crippen LogP contribution in [0.25, 0.3) is 0 Å². The fraction of sp³-hybridized carbons (Fsp3) is 0.0556. The molecule has 0 amide bonds. The van der Waals surface area contributed by atoms with Crippen molar-refractivity contribution in [2.24, 2.45) is 0 Å². The Morgan fingerprint density at radius 2 is 1.80 bits per heavy atom. The van der Waals surface area contributed by atoms with Crippen molar-refractivity contribution in [2.45, 2.75) is 11.5 Å². The average Bonchev–Trinajstić information content (AvgIpc) is 2.61. The number of benzene rings is 2. The molecular weight excluding hydrogens is 360 g/mol. The first kappa shape index (κ1) is 17.3. The van der Waals surface area contributed by atoms with Gasteiger partial charge in [0.05, 0.1) is 16.4 Å². The summed E-state index contributed by atoms with van der Waals surface area (Å²) >= 11 is 5.97. The number of aromatic nitrogens is 1. The molecule has 0 bridgehead atoms. The Hall–Kier alpha value is -2.57. The van der Waals surface area contributed by atoms with E-state index in [-0.39, 0.29) is 9.92 Å². The SMILES string of the molecule is O=S(=O)(Nc1cccc(OCc2ccccn2)c1)c1ccccc1Cl. The molecule has 0 unspecified atom stereocenters. The highest BCUT2D eigenvalue weighted by molar-refractivity contribution is 7.92. The molecule has 3 rings (SSSR count). The third-order valence-corrected chi connectivity index (χ3v) is 5.21. The fourth-order valence-electron chi connectivity index (χ4n) is 2.16. The van der Waals surface area contributed by atoms with Crippen LogP contribution in [0.2, 0.25) is 5.02 Å². The van der Waals surface area contributed by atoms with Crippen molar-refractivity contribution in [3.8, 4) is 5.75 Å². The lowest BCUT2D eigenvalue weighted by molar-refractivity contribution is 0.301. The first-order valence-electron chi connectivity index (χ1n) is 7.45. The molecule has 128 valence electrons. The summed E-state index contributed by atoms with van der Waals surface area (Å²) in [6, 6.07) is 18.5. The van der Waals surface area contributed by atoms with Gasteiger partial charge in [-0.15, -0.1) is 0 Å².